The maximum Gasteiger partial charge on any atom is 0.224 e. The standard InChI is InChI=1S/C28H25N9O/c1-28(2,3)11-23(38)33-18-9-17(13-30-14-18)21-10-19-22(15-32-21)36-37-25(19)27-34-20-6-8-31-24(26(20)35-27)16-5-4-7-29-12-16/h4-10,12-15H,11H2,1-3H3,(H,33,38)(H,34,35)(H,36,37). The van der Waals surface area contributed by atoms with Gasteiger partial charge in [-0.25, -0.2) is 4.98 Å². The molecular weight excluding hydrogens is 478 g/mol. The number of nitrogens with one attached hydrogen (secondary N) is 3. The summed E-state index contributed by atoms with van der Waals surface area (Å²) in [5.41, 5.74) is 6.66. The highest BCUT2D eigenvalue weighted by Crippen LogP contribution is 2.31. The lowest BCUT2D eigenvalue weighted by Gasteiger charge is -2.17. The summed E-state index contributed by atoms with van der Waals surface area (Å²) in [6, 6.07) is 9.53. The lowest BCUT2D eigenvalue weighted by Crippen LogP contribution is -2.19. The summed E-state index contributed by atoms with van der Waals surface area (Å²) in [6.45, 7) is 6.09. The molecule has 38 heavy (non-hydrogen) atoms. The van der Waals surface area contributed by atoms with E-state index < -0.39 is 0 Å². The normalized spacial score (nSPS) is 11.8. The molecule has 10 nitrogen and oxygen atoms in total. The number of aromatic nitrogens is 8. The highest BCUT2D eigenvalue weighted by Gasteiger charge is 2.18. The molecule has 0 fully saturated rings. The van der Waals surface area contributed by atoms with E-state index in [2.05, 4.69) is 40.4 Å². The van der Waals surface area contributed by atoms with Crippen LogP contribution in [0.4, 0.5) is 5.69 Å². The molecule has 1 amide bonds. The summed E-state index contributed by atoms with van der Waals surface area (Å²) >= 11 is 0. The first kappa shape index (κ1) is 23.4. The van der Waals surface area contributed by atoms with E-state index in [1.54, 1.807) is 37.2 Å². The Bertz CT molecular complexity index is 1780. The average molecular weight is 504 g/mol. The zero-order valence-electron chi connectivity index (χ0n) is 21.1. The Kier molecular flexibility index (Phi) is 5.64. The third-order valence-electron chi connectivity index (χ3n) is 6.02. The van der Waals surface area contributed by atoms with Gasteiger partial charge in [0.05, 0.1) is 40.5 Å². The molecule has 0 spiro atoms. The number of anilines is 1. The predicted octanol–water partition coefficient (Wildman–Crippen LogP) is 5.39. The van der Waals surface area contributed by atoms with Crippen LogP contribution >= 0.6 is 0 Å². The van der Waals surface area contributed by atoms with E-state index in [1.165, 1.54) is 0 Å². The minimum Gasteiger partial charge on any atom is -0.336 e. The molecule has 0 saturated heterocycles. The summed E-state index contributed by atoms with van der Waals surface area (Å²) in [4.78, 5) is 38.3. The fourth-order valence-corrected chi connectivity index (χ4v) is 4.35. The van der Waals surface area contributed by atoms with Crippen molar-refractivity contribution >= 4 is 33.5 Å². The fourth-order valence-electron chi connectivity index (χ4n) is 4.35. The number of carbonyl (C=O) groups excluding carboxylic acids is 1. The summed E-state index contributed by atoms with van der Waals surface area (Å²) in [7, 11) is 0. The quantitative estimate of drug-likeness (QED) is 0.286. The number of fused-ring (bicyclic) bond motifs is 2. The van der Waals surface area contributed by atoms with Crippen molar-refractivity contribution < 1.29 is 4.79 Å². The van der Waals surface area contributed by atoms with E-state index in [9.17, 15) is 4.79 Å². The molecule has 0 aliphatic heterocycles. The van der Waals surface area contributed by atoms with Crippen molar-refractivity contribution in [3.63, 3.8) is 0 Å². The number of hydrogen-bond acceptors (Lipinski definition) is 7. The third-order valence-corrected chi connectivity index (χ3v) is 6.02. The molecule has 3 N–H and O–H groups in total. The number of pyridine rings is 4. The van der Waals surface area contributed by atoms with Crippen LogP contribution in [-0.4, -0.2) is 46.0 Å². The van der Waals surface area contributed by atoms with Gasteiger partial charge in [-0.3, -0.25) is 29.8 Å². The van der Waals surface area contributed by atoms with Gasteiger partial charge in [0.2, 0.25) is 5.91 Å². The Morgan fingerprint density at radius 2 is 1.79 bits per heavy atom. The Morgan fingerprint density at radius 1 is 0.921 bits per heavy atom. The van der Waals surface area contributed by atoms with Gasteiger partial charge in [-0.05, 0) is 35.7 Å². The molecule has 0 bridgehead atoms. The van der Waals surface area contributed by atoms with Crippen molar-refractivity contribution in [2.45, 2.75) is 27.2 Å². The molecule has 188 valence electrons. The topological polar surface area (TPSA) is 138 Å². The Hall–Kier alpha value is -4.99. The van der Waals surface area contributed by atoms with Crippen LogP contribution in [0, 0.1) is 5.41 Å². The first-order valence-electron chi connectivity index (χ1n) is 12.2. The second kappa shape index (κ2) is 9.15. The van der Waals surface area contributed by atoms with Gasteiger partial charge in [-0.15, -0.1) is 0 Å². The van der Waals surface area contributed by atoms with Gasteiger partial charge < -0.3 is 10.3 Å². The third kappa shape index (κ3) is 4.59. The first-order valence-corrected chi connectivity index (χ1v) is 12.2. The SMILES string of the molecule is CC(C)(C)CC(=O)Nc1cncc(-c2cc3c(-c4nc5c(-c6cccnc6)nccc5[nH]4)n[nH]c3cn2)c1. The maximum absolute atomic E-state index is 12.4. The summed E-state index contributed by atoms with van der Waals surface area (Å²) < 4.78 is 0. The van der Waals surface area contributed by atoms with Crippen LogP contribution in [-0.2, 0) is 4.79 Å². The van der Waals surface area contributed by atoms with Crippen LogP contribution in [0.1, 0.15) is 27.2 Å². The van der Waals surface area contributed by atoms with Gasteiger partial charge in [0.25, 0.3) is 0 Å². The molecule has 0 aliphatic rings. The van der Waals surface area contributed by atoms with Crippen molar-refractivity contribution in [1.82, 2.24) is 40.1 Å². The van der Waals surface area contributed by atoms with Gasteiger partial charge in [0.15, 0.2) is 5.82 Å². The molecule has 10 heteroatoms. The number of rotatable bonds is 5. The van der Waals surface area contributed by atoms with E-state index in [4.69, 9.17) is 4.98 Å². The van der Waals surface area contributed by atoms with Crippen molar-refractivity contribution in [3.8, 4) is 34.0 Å². The molecule has 6 rings (SSSR count). The fraction of sp³-hybridized carbons (Fsp3) is 0.179. The lowest BCUT2D eigenvalue weighted by molar-refractivity contribution is -0.117. The molecule has 6 heterocycles. The largest absolute Gasteiger partial charge is 0.336 e. The molecule has 0 radical (unpaired) electrons. The highest BCUT2D eigenvalue weighted by molar-refractivity contribution is 5.97. The van der Waals surface area contributed by atoms with Gasteiger partial charge >= 0.3 is 0 Å². The van der Waals surface area contributed by atoms with E-state index in [1.807, 2.05) is 51.1 Å². The van der Waals surface area contributed by atoms with Crippen molar-refractivity contribution in [2.24, 2.45) is 5.41 Å². The molecule has 0 saturated carbocycles. The van der Waals surface area contributed by atoms with Crippen LogP contribution in [0.5, 0.6) is 0 Å². The lowest BCUT2D eigenvalue weighted by atomic mass is 9.92. The number of imidazole rings is 1. The number of H-pyrrole nitrogens is 2. The van der Waals surface area contributed by atoms with Gasteiger partial charge in [0.1, 0.15) is 11.2 Å². The highest BCUT2D eigenvalue weighted by atomic mass is 16.1. The number of aromatic amines is 2. The van der Waals surface area contributed by atoms with Crippen molar-refractivity contribution in [1.29, 1.82) is 0 Å². The van der Waals surface area contributed by atoms with Crippen molar-refractivity contribution in [2.75, 3.05) is 5.32 Å². The smallest absolute Gasteiger partial charge is 0.224 e. The predicted molar refractivity (Wildman–Crippen MR) is 146 cm³/mol. The second-order valence-electron chi connectivity index (χ2n) is 10.3. The zero-order valence-corrected chi connectivity index (χ0v) is 21.1. The minimum atomic E-state index is -0.106. The Labute approximate surface area is 218 Å². The van der Waals surface area contributed by atoms with E-state index >= 15 is 0 Å². The van der Waals surface area contributed by atoms with E-state index in [0.29, 0.717) is 29.3 Å². The van der Waals surface area contributed by atoms with Crippen LogP contribution in [0.2, 0.25) is 0 Å². The van der Waals surface area contributed by atoms with Crippen LogP contribution < -0.4 is 5.32 Å². The molecule has 0 unspecified atom stereocenters. The van der Waals surface area contributed by atoms with Crippen LogP contribution in [0.15, 0.2) is 67.5 Å². The molecule has 0 atom stereocenters. The number of nitrogens with zero attached hydrogens (tertiary/aromatic N) is 6. The summed E-state index contributed by atoms with van der Waals surface area (Å²) in [5, 5.41) is 11.4. The zero-order chi connectivity index (χ0) is 26.3. The average Bonchev–Trinajstić information content (AvgIpc) is 3.51. The molecule has 0 aromatic carbocycles. The van der Waals surface area contributed by atoms with Gasteiger partial charge in [0, 0.05) is 47.7 Å². The molecular formula is C28H25N9O. The molecule has 6 aromatic rings. The summed E-state index contributed by atoms with van der Waals surface area (Å²) in [5.74, 6) is 0.560. The van der Waals surface area contributed by atoms with Crippen LogP contribution in [0.25, 0.3) is 56.0 Å². The Morgan fingerprint density at radius 3 is 2.61 bits per heavy atom. The van der Waals surface area contributed by atoms with E-state index in [0.717, 1.165) is 38.8 Å². The monoisotopic (exact) mass is 503 g/mol. The second-order valence-corrected chi connectivity index (χ2v) is 10.3. The number of carbonyl (C=O) groups is 1. The number of hydrogen-bond donors (Lipinski definition) is 3. The Balaban J connectivity index is 1.36. The van der Waals surface area contributed by atoms with Crippen LogP contribution in [0.3, 0.4) is 0 Å². The summed E-state index contributed by atoms with van der Waals surface area (Å²) in [6.07, 6.45) is 10.7. The number of amides is 1. The minimum absolute atomic E-state index is 0.0537. The van der Waals surface area contributed by atoms with Gasteiger partial charge in [-0.1, -0.05) is 20.8 Å². The van der Waals surface area contributed by atoms with E-state index in [-0.39, 0.29) is 11.3 Å². The molecule has 6 aromatic heterocycles. The first-order chi connectivity index (χ1) is 18.3. The molecule has 0 aliphatic carbocycles. The van der Waals surface area contributed by atoms with Crippen molar-refractivity contribution in [3.05, 3.63) is 67.5 Å². The maximum atomic E-state index is 12.4. The van der Waals surface area contributed by atoms with Gasteiger partial charge in [-0.2, -0.15) is 5.10 Å².